The minimum atomic E-state index is -0.201. The number of hydrogen-bond acceptors (Lipinski definition) is 5. The van der Waals surface area contributed by atoms with Crippen molar-refractivity contribution in [3.05, 3.63) is 135 Å². The van der Waals surface area contributed by atoms with Gasteiger partial charge < -0.3 is 9.52 Å². The van der Waals surface area contributed by atoms with Crippen LogP contribution in [-0.2, 0) is 5.41 Å². The van der Waals surface area contributed by atoms with Gasteiger partial charge in [-0.25, -0.2) is 4.98 Å². The first-order chi connectivity index (χ1) is 24.0. The van der Waals surface area contributed by atoms with Crippen molar-refractivity contribution in [3.8, 4) is 38.6 Å². The second kappa shape index (κ2) is 12.5. The Balaban J connectivity index is 1.32. The number of halogens is 1. The highest BCUT2D eigenvalue weighted by atomic mass is 127. The van der Waals surface area contributed by atoms with Crippen molar-refractivity contribution >= 4 is 78.0 Å². The van der Waals surface area contributed by atoms with Crippen molar-refractivity contribution in [1.29, 1.82) is 0 Å². The van der Waals surface area contributed by atoms with Gasteiger partial charge in [-0.2, -0.15) is 0 Å². The Bertz CT molecular complexity index is 2640. The highest BCUT2D eigenvalue weighted by Gasteiger charge is 2.22. The number of rotatable bonds is 5. The van der Waals surface area contributed by atoms with E-state index in [9.17, 15) is 5.11 Å². The molecule has 4 nitrogen and oxygen atoms in total. The largest absolute Gasteiger partial charge is 0.507 e. The first-order valence-electron chi connectivity index (χ1n) is 16.6. The summed E-state index contributed by atoms with van der Waals surface area (Å²) in [6.07, 6.45) is 1.77. The molecule has 246 valence electrons. The summed E-state index contributed by atoms with van der Waals surface area (Å²) in [6, 6.07) is 37.9. The van der Waals surface area contributed by atoms with Crippen LogP contribution in [0, 0.1) is 17.4 Å². The van der Waals surface area contributed by atoms with Crippen LogP contribution in [-0.4, -0.2) is 16.3 Å². The van der Waals surface area contributed by atoms with Gasteiger partial charge in [-0.05, 0) is 101 Å². The summed E-state index contributed by atoms with van der Waals surface area (Å²) >= 11 is 3.97. The Morgan fingerprint density at radius 3 is 2.38 bits per heavy atom. The summed E-state index contributed by atoms with van der Waals surface area (Å²) in [5.41, 5.74) is 12.6. The Morgan fingerprint density at radius 2 is 1.54 bits per heavy atom. The SMILES string of the molecule is Cc1ccc(C)c(-c2cc(-c3cccc4c3oc3ccccc34)c3nc(-c4ccccc4N=Cc4cc(I)cc(C(C)(C)C)c4O)sc3c2)c1. The van der Waals surface area contributed by atoms with E-state index in [-0.39, 0.29) is 11.2 Å². The normalized spacial score (nSPS) is 12.2. The Labute approximate surface area is 309 Å². The lowest BCUT2D eigenvalue weighted by Crippen LogP contribution is -2.12. The van der Waals surface area contributed by atoms with Crippen LogP contribution < -0.4 is 0 Å². The molecule has 6 aromatic carbocycles. The lowest BCUT2D eigenvalue weighted by atomic mass is 9.85. The maximum Gasteiger partial charge on any atom is 0.143 e. The van der Waals surface area contributed by atoms with Gasteiger partial charge in [0, 0.05) is 48.4 Å². The molecule has 1 N–H and O–H groups in total. The number of thiazole rings is 1. The van der Waals surface area contributed by atoms with Crippen molar-refractivity contribution in [2.45, 2.75) is 40.0 Å². The van der Waals surface area contributed by atoms with Crippen molar-refractivity contribution in [2.24, 2.45) is 4.99 Å². The molecule has 0 radical (unpaired) electrons. The van der Waals surface area contributed by atoms with Crippen LogP contribution in [0.3, 0.4) is 0 Å². The maximum atomic E-state index is 11.2. The molecule has 2 aromatic heterocycles. The second-order valence-electron chi connectivity index (χ2n) is 13.9. The number of aryl methyl sites for hydroxylation is 2. The monoisotopic (exact) mass is 782 g/mol. The van der Waals surface area contributed by atoms with E-state index in [4.69, 9.17) is 14.4 Å². The highest BCUT2D eigenvalue weighted by molar-refractivity contribution is 14.1. The predicted octanol–water partition coefficient (Wildman–Crippen LogP) is 13.2. The minimum absolute atomic E-state index is 0.201. The Morgan fingerprint density at radius 1 is 0.780 bits per heavy atom. The number of nitrogens with zero attached hydrogens (tertiary/aromatic N) is 2. The molecule has 0 atom stereocenters. The number of fused-ring (bicyclic) bond motifs is 4. The van der Waals surface area contributed by atoms with Gasteiger partial charge in [0.15, 0.2) is 0 Å². The summed E-state index contributed by atoms with van der Waals surface area (Å²) in [4.78, 5) is 10.3. The van der Waals surface area contributed by atoms with Crippen LogP contribution in [0.2, 0.25) is 0 Å². The molecule has 8 rings (SSSR count). The van der Waals surface area contributed by atoms with Crippen molar-refractivity contribution in [1.82, 2.24) is 4.98 Å². The zero-order chi connectivity index (χ0) is 34.7. The minimum Gasteiger partial charge on any atom is -0.507 e. The van der Waals surface area contributed by atoms with E-state index in [1.807, 2.05) is 42.5 Å². The van der Waals surface area contributed by atoms with Gasteiger partial charge in [0.05, 0.1) is 15.9 Å². The fourth-order valence-electron chi connectivity index (χ4n) is 6.71. The zero-order valence-corrected chi connectivity index (χ0v) is 31.5. The highest BCUT2D eigenvalue weighted by Crippen LogP contribution is 2.45. The van der Waals surface area contributed by atoms with Crippen molar-refractivity contribution in [3.63, 3.8) is 0 Å². The van der Waals surface area contributed by atoms with E-state index in [1.165, 1.54) is 16.7 Å². The topological polar surface area (TPSA) is 58.6 Å². The zero-order valence-electron chi connectivity index (χ0n) is 28.5. The Hall–Kier alpha value is -4.79. The van der Waals surface area contributed by atoms with Crippen molar-refractivity contribution < 1.29 is 9.52 Å². The van der Waals surface area contributed by atoms with Crippen LogP contribution in [0.1, 0.15) is 43.0 Å². The molecule has 0 saturated heterocycles. The molecule has 6 heteroatoms. The summed E-state index contributed by atoms with van der Waals surface area (Å²) in [6.45, 7) is 10.6. The van der Waals surface area contributed by atoms with Crippen LogP contribution >= 0.6 is 33.9 Å². The molecule has 0 aliphatic heterocycles. The van der Waals surface area contributed by atoms with Crippen molar-refractivity contribution in [2.75, 3.05) is 0 Å². The van der Waals surface area contributed by atoms with Crippen LogP contribution in [0.5, 0.6) is 5.75 Å². The van der Waals surface area contributed by atoms with Gasteiger partial charge in [0.25, 0.3) is 0 Å². The first-order valence-corrected chi connectivity index (χ1v) is 18.5. The number of para-hydroxylation sites is 3. The van der Waals surface area contributed by atoms with E-state index in [0.29, 0.717) is 5.56 Å². The molecular formula is C44H35IN2O2S. The average molecular weight is 783 g/mol. The molecule has 0 aliphatic carbocycles. The van der Waals surface area contributed by atoms with Gasteiger partial charge in [0.2, 0.25) is 0 Å². The Kier molecular flexibility index (Phi) is 8.11. The fraction of sp³-hybridized carbons (Fsp3) is 0.136. The van der Waals surface area contributed by atoms with Gasteiger partial charge in [-0.15, -0.1) is 11.3 Å². The van der Waals surface area contributed by atoms with E-state index >= 15 is 0 Å². The smallest absolute Gasteiger partial charge is 0.143 e. The lowest BCUT2D eigenvalue weighted by molar-refractivity contribution is 0.445. The fourth-order valence-corrected chi connectivity index (χ4v) is 8.42. The number of hydrogen-bond donors (Lipinski definition) is 1. The standard InChI is InChI=1S/C44H35IN2O2S/c1-25-17-18-26(2)34(19-25)27-21-35(32-14-10-13-31-30-11-7-9-16-38(30)49-42(31)32)40-39(22-27)50-43(47-40)33-12-6-8-15-37(33)46-24-28-20-29(45)23-36(41(28)48)44(3,4)5/h6-24,48H,1-5H3. The molecule has 0 saturated carbocycles. The van der Waals surface area contributed by atoms with Crippen LogP contribution in [0.25, 0.3) is 65.0 Å². The molecule has 0 aliphatic rings. The number of furan rings is 1. The van der Waals surface area contributed by atoms with Gasteiger partial charge in [-0.1, -0.05) is 93.1 Å². The molecule has 0 spiro atoms. The predicted molar refractivity (Wildman–Crippen MR) is 219 cm³/mol. The molecule has 8 aromatic rings. The maximum absolute atomic E-state index is 11.2. The molecule has 2 heterocycles. The summed E-state index contributed by atoms with van der Waals surface area (Å²) < 4.78 is 8.68. The van der Waals surface area contributed by atoms with Crippen LogP contribution in [0.15, 0.2) is 119 Å². The lowest BCUT2D eigenvalue weighted by Gasteiger charge is -2.21. The second-order valence-corrected chi connectivity index (χ2v) is 16.2. The van der Waals surface area contributed by atoms with Crippen LogP contribution in [0.4, 0.5) is 5.69 Å². The molecule has 50 heavy (non-hydrogen) atoms. The average Bonchev–Trinajstić information content (AvgIpc) is 3.71. The number of benzene rings is 6. The van der Waals surface area contributed by atoms with E-state index in [0.717, 1.165) is 74.2 Å². The summed E-state index contributed by atoms with van der Waals surface area (Å²) in [7, 11) is 0. The number of aromatic hydroxyl groups is 1. The summed E-state index contributed by atoms with van der Waals surface area (Å²) in [5.74, 6) is 0.266. The van der Waals surface area contributed by atoms with Gasteiger partial charge in [0.1, 0.15) is 21.9 Å². The third-order valence-corrected chi connectivity index (χ3v) is 10.9. The summed E-state index contributed by atoms with van der Waals surface area (Å²) in [5, 5.41) is 14.3. The number of aromatic nitrogens is 1. The number of phenols is 1. The molecule has 0 bridgehead atoms. The third-order valence-electron chi connectivity index (χ3n) is 9.28. The van der Waals surface area contributed by atoms with E-state index < -0.39 is 0 Å². The van der Waals surface area contributed by atoms with E-state index in [1.54, 1.807) is 17.6 Å². The molecular weight excluding hydrogens is 747 g/mol. The molecule has 0 amide bonds. The third kappa shape index (κ3) is 5.80. The van der Waals surface area contributed by atoms with Gasteiger partial charge in [-0.3, -0.25) is 4.99 Å². The quantitative estimate of drug-likeness (QED) is 0.140. The first kappa shape index (κ1) is 32.4. The number of phenolic OH excluding ortho intramolecular Hbond substituents is 1. The van der Waals surface area contributed by atoms with Gasteiger partial charge >= 0.3 is 0 Å². The number of aliphatic imine (C=N–C) groups is 1. The molecule has 0 unspecified atom stereocenters. The molecule has 0 fully saturated rings. The van der Waals surface area contributed by atoms with E-state index in [2.05, 4.69) is 124 Å².